The van der Waals surface area contributed by atoms with Crippen molar-refractivity contribution in [3.8, 4) is 0 Å². The molecular formula is C13H24N4O. The van der Waals surface area contributed by atoms with Gasteiger partial charge in [0.1, 0.15) is 0 Å². The first-order valence-electron chi connectivity index (χ1n) is 6.78. The minimum Gasteiger partial charge on any atom is -0.396 e. The maximum atomic E-state index is 10.0. The van der Waals surface area contributed by atoms with Crippen molar-refractivity contribution in [2.24, 2.45) is 5.92 Å². The van der Waals surface area contributed by atoms with Crippen molar-refractivity contribution in [2.45, 2.75) is 38.3 Å². The van der Waals surface area contributed by atoms with Crippen molar-refractivity contribution < 1.29 is 5.11 Å². The van der Waals surface area contributed by atoms with Gasteiger partial charge in [0.2, 0.25) is 0 Å². The number of aromatic nitrogens is 2. The number of aliphatic hydroxyl groups is 1. The van der Waals surface area contributed by atoms with Crippen molar-refractivity contribution in [3.63, 3.8) is 0 Å². The summed E-state index contributed by atoms with van der Waals surface area (Å²) in [5.41, 5.74) is 6.23. The maximum Gasteiger partial charge on any atom is 0.0862 e. The topological polar surface area (TPSA) is 67.3 Å². The van der Waals surface area contributed by atoms with Crippen molar-refractivity contribution in [2.75, 3.05) is 25.9 Å². The van der Waals surface area contributed by atoms with Crippen LogP contribution in [0, 0.1) is 5.92 Å². The fourth-order valence-electron chi connectivity index (χ4n) is 2.82. The van der Waals surface area contributed by atoms with Gasteiger partial charge in [0.15, 0.2) is 0 Å². The van der Waals surface area contributed by atoms with E-state index < -0.39 is 6.10 Å². The number of nitrogens with two attached hydrogens (primary N) is 1. The van der Waals surface area contributed by atoms with Gasteiger partial charge in [0.05, 0.1) is 24.5 Å². The number of aliphatic hydroxyl groups excluding tert-OH is 1. The third-order valence-electron chi connectivity index (χ3n) is 3.62. The molecule has 5 nitrogen and oxygen atoms in total. The molecule has 1 unspecified atom stereocenters. The van der Waals surface area contributed by atoms with Crippen molar-refractivity contribution >= 4 is 5.69 Å². The Morgan fingerprint density at radius 1 is 1.56 bits per heavy atom. The van der Waals surface area contributed by atoms with E-state index in [4.69, 9.17) is 5.73 Å². The van der Waals surface area contributed by atoms with Gasteiger partial charge in [-0.05, 0) is 25.8 Å². The van der Waals surface area contributed by atoms with Crippen LogP contribution in [-0.2, 0) is 6.54 Å². The highest BCUT2D eigenvalue weighted by molar-refractivity contribution is 5.30. The molecule has 0 spiro atoms. The Morgan fingerprint density at radius 2 is 2.28 bits per heavy atom. The third kappa shape index (κ3) is 3.99. The number of hydrogen-bond donors (Lipinski definition) is 2. The first-order valence-corrected chi connectivity index (χ1v) is 6.78. The van der Waals surface area contributed by atoms with E-state index in [1.807, 2.05) is 0 Å². The summed E-state index contributed by atoms with van der Waals surface area (Å²) < 4.78 is 1.70. The van der Waals surface area contributed by atoms with Crippen LogP contribution in [0.2, 0.25) is 0 Å². The Hall–Kier alpha value is -1.07. The molecule has 1 aliphatic carbocycles. The van der Waals surface area contributed by atoms with Crippen LogP contribution in [0.5, 0.6) is 0 Å². The average Bonchev–Trinajstić information content (AvgIpc) is 2.90. The van der Waals surface area contributed by atoms with Crippen LogP contribution >= 0.6 is 0 Å². The molecule has 0 aromatic carbocycles. The molecule has 1 aromatic rings. The van der Waals surface area contributed by atoms with E-state index in [1.54, 1.807) is 17.1 Å². The average molecular weight is 252 g/mol. The molecule has 1 aromatic heterocycles. The quantitative estimate of drug-likeness (QED) is 0.791. The summed E-state index contributed by atoms with van der Waals surface area (Å²) in [5, 5.41) is 14.1. The van der Waals surface area contributed by atoms with Crippen molar-refractivity contribution in [3.05, 3.63) is 12.4 Å². The predicted octanol–water partition coefficient (Wildman–Crippen LogP) is 0.948. The number of hydrogen-bond acceptors (Lipinski definition) is 4. The smallest absolute Gasteiger partial charge is 0.0862 e. The number of nitrogen functional groups attached to an aromatic ring is 1. The molecule has 0 saturated heterocycles. The van der Waals surface area contributed by atoms with Crippen LogP contribution in [0.4, 0.5) is 5.69 Å². The maximum absolute atomic E-state index is 10.0. The van der Waals surface area contributed by atoms with Crippen LogP contribution in [0.1, 0.15) is 25.7 Å². The molecule has 1 fully saturated rings. The molecule has 3 N–H and O–H groups in total. The summed E-state index contributed by atoms with van der Waals surface area (Å²) in [6.07, 6.45) is 8.39. The molecule has 0 aliphatic heterocycles. The zero-order valence-corrected chi connectivity index (χ0v) is 11.1. The van der Waals surface area contributed by atoms with Crippen molar-refractivity contribution in [1.29, 1.82) is 0 Å². The lowest BCUT2D eigenvalue weighted by atomic mass is 10.1. The molecule has 2 rings (SSSR count). The highest BCUT2D eigenvalue weighted by atomic mass is 16.3. The molecule has 1 heterocycles. The third-order valence-corrected chi connectivity index (χ3v) is 3.62. The Labute approximate surface area is 109 Å². The van der Waals surface area contributed by atoms with E-state index in [0.717, 1.165) is 12.5 Å². The summed E-state index contributed by atoms with van der Waals surface area (Å²) in [6, 6.07) is 0. The fraction of sp³-hybridized carbons (Fsp3) is 0.769. The molecule has 18 heavy (non-hydrogen) atoms. The lowest BCUT2D eigenvalue weighted by molar-refractivity contribution is 0.0997. The van der Waals surface area contributed by atoms with Gasteiger partial charge in [-0.15, -0.1) is 0 Å². The number of anilines is 1. The van der Waals surface area contributed by atoms with E-state index in [0.29, 0.717) is 18.8 Å². The zero-order chi connectivity index (χ0) is 13.0. The van der Waals surface area contributed by atoms with Crippen LogP contribution in [0.3, 0.4) is 0 Å². The van der Waals surface area contributed by atoms with Gasteiger partial charge in [-0.3, -0.25) is 4.68 Å². The highest BCUT2D eigenvalue weighted by Crippen LogP contribution is 2.25. The SMILES string of the molecule is CN(CC(O)Cn1cc(N)cn1)CC1CCCC1. The normalized spacial score (nSPS) is 18.6. The summed E-state index contributed by atoms with van der Waals surface area (Å²) in [5.74, 6) is 0.822. The van der Waals surface area contributed by atoms with Crippen LogP contribution in [0.15, 0.2) is 12.4 Å². The van der Waals surface area contributed by atoms with Crippen LogP contribution in [0.25, 0.3) is 0 Å². The summed E-state index contributed by atoms with van der Waals surface area (Å²) in [7, 11) is 2.08. The van der Waals surface area contributed by atoms with Gasteiger partial charge in [0, 0.05) is 19.3 Å². The Kier molecular flexibility index (Phi) is 4.60. The standard InChI is InChI=1S/C13H24N4O/c1-16(7-11-4-2-3-5-11)9-13(18)10-17-8-12(14)6-15-17/h6,8,11,13,18H,2-5,7,9-10,14H2,1H3. The molecule has 1 atom stereocenters. The Balaban J connectivity index is 1.71. The van der Waals surface area contributed by atoms with Crippen LogP contribution < -0.4 is 5.73 Å². The molecule has 1 aliphatic rings. The van der Waals surface area contributed by atoms with Gasteiger partial charge in [-0.1, -0.05) is 12.8 Å². The Morgan fingerprint density at radius 3 is 2.89 bits per heavy atom. The predicted molar refractivity (Wildman–Crippen MR) is 72.1 cm³/mol. The van der Waals surface area contributed by atoms with Gasteiger partial charge in [-0.25, -0.2) is 0 Å². The lowest BCUT2D eigenvalue weighted by Gasteiger charge is -2.23. The van der Waals surface area contributed by atoms with Gasteiger partial charge >= 0.3 is 0 Å². The largest absolute Gasteiger partial charge is 0.396 e. The number of likely N-dealkylation sites (N-methyl/N-ethyl adjacent to an activating group) is 1. The number of nitrogens with zero attached hydrogens (tertiary/aromatic N) is 3. The second-order valence-corrected chi connectivity index (χ2v) is 5.52. The van der Waals surface area contributed by atoms with Crippen LogP contribution in [-0.4, -0.2) is 46.0 Å². The highest BCUT2D eigenvalue weighted by Gasteiger charge is 2.18. The van der Waals surface area contributed by atoms with Gasteiger partial charge in [0.25, 0.3) is 0 Å². The van der Waals surface area contributed by atoms with Crippen molar-refractivity contribution in [1.82, 2.24) is 14.7 Å². The van der Waals surface area contributed by atoms with Gasteiger partial charge < -0.3 is 15.7 Å². The summed E-state index contributed by atoms with van der Waals surface area (Å²) in [4.78, 5) is 2.23. The molecule has 0 amide bonds. The first kappa shape index (κ1) is 13.4. The zero-order valence-electron chi connectivity index (χ0n) is 11.1. The van der Waals surface area contributed by atoms with E-state index in [9.17, 15) is 5.11 Å². The monoisotopic (exact) mass is 252 g/mol. The van der Waals surface area contributed by atoms with E-state index >= 15 is 0 Å². The van der Waals surface area contributed by atoms with Gasteiger partial charge in [-0.2, -0.15) is 5.10 Å². The second-order valence-electron chi connectivity index (χ2n) is 5.52. The molecule has 102 valence electrons. The summed E-state index contributed by atoms with van der Waals surface area (Å²) >= 11 is 0. The van der Waals surface area contributed by atoms with E-state index in [-0.39, 0.29) is 0 Å². The minimum atomic E-state index is -0.393. The molecular weight excluding hydrogens is 228 g/mol. The lowest BCUT2D eigenvalue weighted by Crippen LogP contribution is -2.34. The first-order chi connectivity index (χ1) is 8.63. The number of rotatable bonds is 6. The van der Waals surface area contributed by atoms with E-state index in [2.05, 4.69) is 17.0 Å². The molecule has 0 bridgehead atoms. The molecule has 5 heteroatoms. The fourth-order valence-corrected chi connectivity index (χ4v) is 2.82. The van der Waals surface area contributed by atoms with E-state index in [1.165, 1.54) is 25.7 Å². The summed E-state index contributed by atoms with van der Waals surface area (Å²) in [6.45, 7) is 2.29. The minimum absolute atomic E-state index is 0.393. The molecule has 0 radical (unpaired) electrons. The second kappa shape index (κ2) is 6.20. The Bertz CT molecular complexity index is 360. The molecule has 1 saturated carbocycles.